The maximum Gasteiger partial charge on any atom is 0.231 e. The Labute approximate surface area is 124 Å². The molecule has 20 heavy (non-hydrogen) atoms. The van der Waals surface area contributed by atoms with E-state index in [-0.39, 0.29) is 19.1 Å². The number of ether oxygens (including phenoxy) is 2. The van der Waals surface area contributed by atoms with Gasteiger partial charge in [-0.1, -0.05) is 6.07 Å². The molecule has 6 heteroatoms. The van der Waals surface area contributed by atoms with Crippen molar-refractivity contribution in [3.63, 3.8) is 0 Å². The topological polar surface area (TPSA) is 60.5 Å². The highest BCUT2D eigenvalue weighted by Crippen LogP contribution is 2.32. The minimum absolute atomic E-state index is 0.126. The standard InChI is InChI=1S/C14H11BrN2O3/c15-10-2-4-13(16-7-10)17-14(18)6-9-1-3-11-12(5-9)20-8-19-11/h1-5,7H,6,8H2,(H,16,17,18). The van der Waals surface area contributed by atoms with Gasteiger partial charge in [0.25, 0.3) is 0 Å². The SMILES string of the molecule is O=C(Cc1ccc2c(c1)OCO2)Nc1ccc(Br)cn1. The Morgan fingerprint density at radius 3 is 2.90 bits per heavy atom. The van der Waals surface area contributed by atoms with Crippen LogP contribution in [0, 0.1) is 0 Å². The predicted molar refractivity (Wildman–Crippen MR) is 76.8 cm³/mol. The van der Waals surface area contributed by atoms with Gasteiger partial charge in [-0.3, -0.25) is 4.79 Å². The van der Waals surface area contributed by atoms with Gasteiger partial charge in [0, 0.05) is 10.7 Å². The van der Waals surface area contributed by atoms with Crippen LogP contribution in [0.4, 0.5) is 5.82 Å². The maximum atomic E-state index is 11.9. The predicted octanol–water partition coefficient (Wildman–Crippen LogP) is 2.75. The van der Waals surface area contributed by atoms with Crippen LogP contribution in [0.3, 0.4) is 0 Å². The molecule has 0 aliphatic carbocycles. The molecule has 102 valence electrons. The monoisotopic (exact) mass is 334 g/mol. The number of hydrogen-bond acceptors (Lipinski definition) is 4. The van der Waals surface area contributed by atoms with E-state index in [0.29, 0.717) is 17.3 Å². The van der Waals surface area contributed by atoms with Crippen molar-refractivity contribution in [1.29, 1.82) is 0 Å². The molecule has 1 aromatic heterocycles. The van der Waals surface area contributed by atoms with E-state index in [1.165, 1.54) is 0 Å². The number of carbonyl (C=O) groups is 1. The van der Waals surface area contributed by atoms with E-state index in [0.717, 1.165) is 10.0 Å². The van der Waals surface area contributed by atoms with Gasteiger partial charge in [-0.05, 0) is 45.8 Å². The van der Waals surface area contributed by atoms with Crippen molar-refractivity contribution in [3.8, 4) is 11.5 Å². The molecule has 0 saturated heterocycles. The van der Waals surface area contributed by atoms with Gasteiger partial charge in [-0.25, -0.2) is 4.98 Å². The number of carbonyl (C=O) groups excluding carboxylic acids is 1. The molecule has 0 saturated carbocycles. The van der Waals surface area contributed by atoms with Gasteiger partial charge in [0.1, 0.15) is 5.82 Å². The van der Waals surface area contributed by atoms with Gasteiger partial charge in [0.15, 0.2) is 11.5 Å². The van der Waals surface area contributed by atoms with Gasteiger partial charge in [-0.15, -0.1) is 0 Å². The van der Waals surface area contributed by atoms with Crippen LogP contribution in [0.1, 0.15) is 5.56 Å². The van der Waals surface area contributed by atoms with Crippen molar-refractivity contribution < 1.29 is 14.3 Å². The van der Waals surface area contributed by atoms with Crippen LogP contribution in [0.5, 0.6) is 11.5 Å². The van der Waals surface area contributed by atoms with Crippen molar-refractivity contribution >= 4 is 27.7 Å². The summed E-state index contributed by atoms with van der Waals surface area (Å²) in [5.41, 5.74) is 0.865. The fourth-order valence-electron chi connectivity index (χ4n) is 1.87. The molecule has 0 bridgehead atoms. The number of rotatable bonds is 3. The summed E-state index contributed by atoms with van der Waals surface area (Å²) >= 11 is 3.29. The number of aromatic nitrogens is 1. The number of anilines is 1. The molecule has 0 spiro atoms. The highest BCUT2D eigenvalue weighted by molar-refractivity contribution is 9.10. The third-order valence-corrected chi connectivity index (χ3v) is 3.27. The lowest BCUT2D eigenvalue weighted by atomic mass is 10.1. The van der Waals surface area contributed by atoms with Crippen molar-refractivity contribution in [2.45, 2.75) is 6.42 Å². The Balaban J connectivity index is 1.65. The molecule has 0 fully saturated rings. The van der Waals surface area contributed by atoms with Crippen LogP contribution in [0.15, 0.2) is 41.0 Å². The van der Waals surface area contributed by atoms with E-state index in [9.17, 15) is 4.79 Å². The zero-order chi connectivity index (χ0) is 13.9. The first-order valence-electron chi connectivity index (χ1n) is 6.01. The lowest BCUT2D eigenvalue weighted by Crippen LogP contribution is -2.15. The number of nitrogens with one attached hydrogen (secondary N) is 1. The van der Waals surface area contributed by atoms with Gasteiger partial charge >= 0.3 is 0 Å². The lowest BCUT2D eigenvalue weighted by molar-refractivity contribution is -0.115. The summed E-state index contributed by atoms with van der Waals surface area (Å²) in [5.74, 6) is 1.79. The van der Waals surface area contributed by atoms with E-state index >= 15 is 0 Å². The molecule has 0 radical (unpaired) electrons. The first-order valence-corrected chi connectivity index (χ1v) is 6.80. The van der Waals surface area contributed by atoms with E-state index in [2.05, 4.69) is 26.2 Å². The Kier molecular flexibility index (Phi) is 3.56. The Morgan fingerprint density at radius 2 is 2.10 bits per heavy atom. The number of hydrogen-bond donors (Lipinski definition) is 1. The van der Waals surface area contributed by atoms with E-state index < -0.39 is 0 Å². The average molecular weight is 335 g/mol. The third kappa shape index (κ3) is 2.91. The molecular formula is C14H11BrN2O3. The number of nitrogens with zero attached hydrogens (tertiary/aromatic N) is 1. The molecule has 2 heterocycles. The van der Waals surface area contributed by atoms with E-state index in [1.807, 2.05) is 24.3 Å². The van der Waals surface area contributed by atoms with E-state index in [4.69, 9.17) is 9.47 Å². The Bertz CT molecular complexity index is 643. The summed E-state index contributed by atoms with van der Waals surface area (Å²) < 4.78 is 11.4. The van der Waals surface area contributed by atoms with Crippen LogP contribution in [-0.2, 0) is 11.2 Å². The number of halogens is 1. The largest absolute Gasteiger partial charge is 0.454 e. The van der Waals surface area contributed by atoms with E-state index in [1.54, 1.807) is 12.3 Å². The average Bonchev–Trinajstić information content (AvgIpc) is 2.89. The Hall–Kier alpha value is -2.08. The second kappa shape index (κ2) is 5.50. The molecule has 0 unspecified atom stereocenters. The first kappa shape index (κ1) is 12.9. The Morgan fingerprint density at radius 1 is 1.25 bits per heavy atom. The van der Waals surface area contributed by atoms with Crippen LogP contribution >= 0.6 is 15.9 Å². The quantitative estimate of drug-likeness (QED) is 0.937. The number of pyridine rings is 1. The number of fused-ring (bicyclic) bond motifs is 1. The minimum Gasteiger partial charge on any atom is -0.454 e. The molecular weight excluding hydrogens is 324 g/mol. The van der Waals surface area contributed by atoms with Crippen LogP contribution in [0.2, 0.25) is 0 Å². The smallest absolute Gasteiger partial charge is 0.231 e. The minimum atomic E-state index is -0.126. The van der Waals surface area contributed by atoms with Crippen molar-refractivity contribution in [1.82, 2.24) is 4.98 Å². The summed E-state index contributed by atoms with van der Waals surface area (Å²) in [6.45, 7) is 0.230. The van der Waals surface area contributed by atoms with Gasteiger partial charge in [0.2, 0.25) is 12.7 Å². The summed E-state index contributed by atoms with van der Waals surface area (Å²) in [4.78, 5) is 16.0. The second-order valence-corrected chi connectivity index (χ2v) is 5.19. The highest BCUT2D eigenvalue weighted by atomic mass is 79.9. The zero-order valence-corrected chi connectivity index (χ0v) is 12.0. The molecule has 1 amide bonds. The van der Waals surface area contributed by atoms with Gasteiger partial charge in [-0.2, -0.15) is 0 Å². The second-order valence-electron chi connectivity index (χ2n) is 4.27. The molecule has 1 N–H and O–H groups in total. The number of benzene rings is 1. The molecule has 1 aliphatic heterocycles. The normalized spacial score (nSPS) is 12.2. The molecule has 0 atom stereocenters. The van der Waals surface area contributed by atoms with Crippen molar-refractivity contribution in [2.24, 2.45) is 0 Å². The van der Waals surface area contributed by atoms with Crippen LogP contribution in [-0.4, -0.2) is 17.7 Å². The van der Waals surface area contributed by atoms with Crippen molar-refractivity contribution in [3.05, 3.63) is 46.6 Å². The van der Waals surface area contributed by atoms with Crippen LogP contribution in [0.25, 0.3) is 0 Å². The fourth-order valence-corrected chi connectivity index (χ4v) is 2.11. The molecule has 3 rings (SSSR count). The molecule has 2 aromatic rings. The third-order valence-electron chi connectivity index (χ3n) is 2.80. The molecule has 5 nitrogen and oxygen atoms in total. The summed E-state index contributed by atoms with van der Waals surface area (Å²) in [7, 11) is 0. The highest BCUT2D eigenvalue weighted by Gasteiger charge is 2.14. The first-order chi connectivity index (χ1) is 9.70. The molecule has 1 aliphatic rings. The fraction of sp³-hybridized carbons (Fsp3) is 0.143. The summed E-state index contributed by atoms with van der Waals surface area (Å²) in [6.07, 6.45) is 1.89. The maximum absolute atomic E-state index is 11.9. The summed E-state index contributed by atoms with van der Waals surface area (Å²) in [6, 6.07) is 9.03. The lowest BCUT2D eigenvalue weighted by Gasteiger charge is -2.05. The van der Waals surface area contributed by atoms with Crippen LogP contribution < -0.4 is 14.8 Å². The zero-order valence-electron chi connectivity index (χ0n) is 10.4. The van der Waals surface area contributed by atoms with Gasteiger partial charge < -0.3 is 14.8 Å². The molecule has 1 aromatic carbocycles. The number of amides is 1. The van der Waals surface area contributed by atoms with Crippen molar-refractivity contribution in [2.75, 3.05) is 12.1 Å². The summed E-state index contributed by atoms with van der Waals surface area (Å²) in [5, 5.41) is 2.74. The van der Waals surface area contributed by atoms with Gasteiger partial charge in [0.05, 0.1) is 6.42 Å².